The third-order valence-electron chi connectivity index (χ3n) is 1.72. The molecule has 0 fully saturated rings. The first-order valence-electron chi connectivity index (χ1n) is 4.49. The van der Waals surface area contributed by atoms with Crippen LogP contribution in [-0.4, -0.2) is 35.6 Å². The van der Waals surface area contributed by atoms with Gasteiger partial charge in [-0.25, -0.2) is 4.98 Å². The van der Waals surface area contributed by atoms with E-state index in [1.54, 1.807) is 14.0 Å². The summed E-state index contributed by atoms with van der Waals surface area (Å²) in [5.74, 6) is -1.49. The molecule has 0 unspecified atom stereocenters. The average Bonchev–Trinajstić information content (AvgIpc) is 2.56. The highest BCUT2D eigenvalue weighted by molar-refractivity contribution is 7.13. The van der Waals surface area contributed by atoms with Crippen LogP contribution < -0.4 is 5.32 Å². The van der Waals surface area contributed by atoms with Crippen molar-refractivity contribution in [2.75, 3.05) is 13.7 Å². The smallest absolute Gasteiger partial charge is 0.322 e. The van der Waals surface area contributed by atoms with Gasteiger partial charge in [0.2, 0.25) is 0 Å². The molecule has 6 nitrogen and oxygen atoms in total. The predicted molar refractivity (Wildman–Crippen MR) is 57.5 cm³/mol. The monoisotopic (exact) mass is 244 g/mol. The number of thiazole rings is 1. The van der Waals surface area contributed by atoms with Crippen LogP contribution in [0, 0.1) is 6.92 Å². The molecule has 0 radical (unpaired) electrons. The maximum atomic E-state index is 11.5. The second-order valence-electron chi connectivity index (χ2n) is 3.03. The highest BCUT2D eigenvalue weighted by atomic mass is 32.1. The van der Waals surface area contributed by atoms with Gasteiger partial charge < -0.3 is 15.2 Å². The number of hydrogen-bond acceptors (Lipinski definition) is 5. The minimum Gasteiger partial charge on any atom is -0.480 e. The molecule has 1 aromatic heterocycles. The molecular formula is C9H12N2O4S. The van der Waals surface area contributed by atoms with Crippen molar-refractivity contribution in [3.05, 3.63) is 15.6 Å². The summed E-state index contributed by atoms with van der Waals surface area (Å²) >= 11 is 1.20. The van der Waals surface area contributed by atoms with Gasteiger partial charge in [0.25, 0.3) is 5.91 Å². The number of carbonyl (C=O) groups is 2. The highest BCUT2D eigenvalue weighted by Crippen LogP contribution is 2.18. The molecule has 0 aromatic carbocycles. The first-order chi connectivity index (χ1) is 7.54. The second-order valence-corrected chi connectivity index (χ2v) is 4.12. The average molecular weight is 244 g/mol. The minimum atomic E-state index is -1.08. The van der Waals surface area contributed by atoms with Crippen molar-refractivity contribution in [3.63, 3.8) is 0 Å². The molecule has 1 aromatic rings. The number of nitrogens with zero attached hydrogens (tertiary/aromatic N) is 1. The molecule has 0 saturated heterocycles. The van der Waals surface area contributed by atoms with Crippen LogP contribution in [0.3, 0.4) is 0 Å². The fourth-order valence-electron chi connectivity index (χ4n) is 1.08. The Morgan fingerprint density at radius 2 is 2.25 bits per heavy atom. The van der Waals surface area contributed by atoms with E-state index >= 15 is 0 Å². The lowest BCUT2D eigenvalue weighted by molar-refractivity contribution is -0.135. The van der Waals surface area contributed by atoms with Gasteiger partial charge >= 0.3 is 5.97 Å². The van der Waals surface area contributed by atoms with Crippen LogP contribution in [0.15, 0.2) is 0 Å². The van der Waals surface area contributed by atoms with E-state index in [0.717, 1.165) is 0 Å². The van der Waals surface area contributed by atoms with Gasteiger partial charge in [0, 0.05) is 7.11 Å². The quantitative estimate of drug-likeness (QED) is 0.783. The van der Waals surface area contributed by atoms with E-state index < -0.39 is 18.4 Å². The number of aromatic nitrogens is 1. The summed E-state index contributed by atoms with van der Waals surface area (Å²) in [5.41, 5.74) is 0.583. The van der Waals surface area contributed by atoms with Crippen LogP contribution >= 0.6 is 11.3 Å². The zero-order valence-corrected chi connectivity index (χ0v) is 9.76. The number of hydrogen-bond donors (Lipinski definition) is 2. The number of carboxylic acid groups (broad SMARTS) is 1. The Balaban J connectivity index is 2.71. The van der Waals surface area contributed by atoms with Gasteiger partial charge in [0.1, 0.15) is 16.4 Å². The zero-order chi connectivity index (χ0) is 12.1. The van der Waals surface area contributed by atoms with Crippen LogP contribution in [0.1, 0.15) is 20.4 Å². The Morgan fingerprint density at radius 3 is 2.81 bits per heavy atom. The molecule has 0 bridgehead atoms. The number of methoxy groups -OCH3 is 1. The second kappa shape index (κ2) is 5.57. The number of carboxylic acids is 1. The molecule has 0 spiro atoms. The van der Waals surface area contributed by atoms with Crippen molar-refractivity contribution in [1.29, 1.82) is 0 Å². The van der Waals surface area contributed by atoms with Crippen LogP contribution in [-0.2, 0) is 16.1 Å². The van der Waals surface area contributed by atoms with Crippen molar-refractivity contribution < 1.29 is 19.4 Å². The predicted octanol–water partition coefficient (Wildman–Crippen LogP) is 0.412. The highest BCUT2D eigenvalue weighted by Gasteiger charge is 2.15. The van der Waals surface area contributed by atoms with Crippen LogP contribution in [0.25, 0.3) is 0 Å². The van der Waals surface area contributed by atoms with E-state index in [9.17, 15) is 9.59 Å². The normalized spacial score (nSPS) is 10.1. The van der Waals surface area contributed by atoms with E-state index in [1.807, 2.05) is 0 Å². The molecule has 7 heteroatoms. The maximum Gasteiger partial charge on any atom is 0.322 e. The Bertz CT molecular complexity index is 402. The Hall–Kier alpha value is -1.47. The van der Waals surface area contributed by atoms with E-state index in [-0.39, 0.29) is 0 Å². The molecule has 1 heterocycles. The van der Waals surface area contributed by atoms with Crippen molar-refractivity contribution in [3.8, 4) is 0 Å². The molecule has 88 valence electrons. The van der Waals surface area contributed by atoms with E-state index in [0.29, 0.717) is 22.2 Å². The molecule has 1 amide bonds. The summed E-state index contributed by atoms with van der Waals surface area (Å²) in [6, 6.07) is 0. The molecule has 16 heavy (non-hydrogen) atoms. The van der Waals surface area contributed by atoms with Crippen LogP contribution in [0.2, 0.25) is 0 Å². The molecule has 0 aliphatic carbocycles. The molecule has 0 saturated carbocycles. The van der Waals surface area contributed by atoms with E-state index in [1.165, 1.54) is 11.3 Å². The lowest BCUT2D eigenvalue weighted by atomic mass is 10.4. The van der Waals surface area contributed by atoms with E-state index in [2.05, 4.69) is 10.3 Å². The zero-order valence-electron chi connectivity index (χ0n) is 8.94. The third-order valence-corrected chi connectivity index (χ3v) is 2.84. The first kappa shape index (κ1) is 12.6. The van der Waals surface area contributed by atoms with Gasteiger partial charge in [-0.15, -0.1) is 11.3 Å². The molecular weight excluding hydrogens is 232 g/mol. The lowest BCUT2D eigenvalue weighted by Gasteiger charge is -1.99. The Labute approximate surface area is 96.3 Å². The maximum absolute atomic E-state index is 11.5. The number of nitrogens with one attached hydrogen (secondary N) is 1. The molecule has 0 aliphatic rings. The summed E-state index contributed by atoms with van der Waals surface area (Å²) in [6.45, 7) is 1.65. The number of ether oxygens (including phenoxy) is 1. The Kier molecular flexibility index (Phi) is 4.39. The van der Waals surface area contributed by atoms with Gasteiger partial charge in [-0.2, -0.15) is 0 Å². The van der Waals surface area contributed by atoms with Crippen molar-refractivity contribution in [2.24, 2.45) is 0 Å². The number of carbonyl (C=O) groups excluding carboxylic acids is 1. The van der Waals surface area contributed by atoms with Crippen molar-refractivity contribution >= 4 is 23.2 Å². The van der Waals surface area contributed by atoms with Crippen LogP contribution in [0.4, 0.5) is 0 Å². The summed E-state index contributed by atoms with van der Waals surface area (Å²) in [7, 11) is 1.54. The SMILES string of the molecule is COCc1nc(C)c(C(=O)NCC(=O)O)s1. The number of amides is 1. The van der Waals surface area contributed by atoms with Gasteiger partial charge in [-0.1, -0.05) is 0 Å². The summed E-state index contributed by atoms with van der Waals surface area (Å²) in [4.78, 5) is 26.4. The molecule has 1 rings (SSSR count). The number of aliphatic carboxylic acids is 1. The lowest BCUT2D eigenvalue weighted by Crippen LogP contribution is -2.29. The summed E-state index contributed by atoms with van der Waals surface area (Å²) in [5, 5.41) is 11.4. The topological polar surface area (TPSA) is 88.5 Å². The number of aryl methyl sites for hydroxylation is 1. The first-order valence-corrected chi connectivity index (χ1v) is 5.31. The van der Waals surface area contributed by atoms with Crippen molar-refractivity contribution in [1.82, 2.24) is 10.3 Å². The van der Waals surface area contributed by atoms with E-state index in [4.69, 9.17) is 9.84 Å². The fourth-order valence-corrected chi connectivity index (χ4v) is 2.04. The van der Waals surface area contributed by atoms with Gasteiger partial charge in [-0.05, 0) is 6.92 Å². The largest absolute Gasteiger partial charge is 0.480 e. The third kappa shape index (κ3) is 3.28. The van der Waals surface area contributed by atoms with Crippen LogP contribution in [0.5, 0.6) is 0 Å². The number of rotatable bonds is 5. The molecule has 0 atom stereocenters. The van der Waals surface area contributed by atoms with Gasteiger partial charge in [-0.3, -0.25) is 9.59 Å². The summed E-state index contributed by atoms with van der Waals surface area (Å²) < 4.78 is 4.90. The van der Waals surface area contributed by atoms with Gasteiger partial charge in [0.15, 0.2) is 0 Å². The fraction of sp³-hybridized carbons (Fsp3) is 0.444. The minimum absolute atomic E-state index is 0.345. The Morgan fingerprint density at radius 1 is 1.56 bits per heavy atom. The van der Waals surface area contributed by atoms with Gasteiger partial charge in [0.05, 0.1) is 12.3 Å². The van der Waals surface area contributed by atoms with Crippen molar-refractivity contribution in [2.45, 2.75) is 13.5 Å². The molecule has 0 aliphatic heterocycles. The standard InChI is InChI=1S/C9H12N2O4S/c1-5-8(9(14)10-3-7(12)13)16-6(11-5)4-15-2/h3-4H2,1-2H3,(H,10,14)(H,12,13). The summed E-state index contributed by atoms with van der Waals surface area (Å²) in [6.07, 6.45) is 0. The molecule has 2 N–H and O–H groups in total.